The van der Waals surface area contributed by atoms with Crippen molar-refractivity contribution in [2.75, 3.05) is 26.2 Å². The Bertz CT molecular complexity index is 579. The predicted octanol–water partition coefficient (Wildman–Crippen LogP) is 3.24. The summed E-state index contributed by atoms with van der Waals surface area (Å²) in [6.07, 6.45) is 10.7. The summed E-state index contributed by atoms with van der Waals surface area (Å²) in [5.74, 6) is 2.05. The highest BCUT2D eigenvalue weighted by Gasteiger charge is 2.38. The van der Waals surface area contributed by atoms with Crippen LogP contribution in [-0.2, 0) is 6.54 Å². The van der Waals surface area contributed by atoms with Crippen LogP contribution in [0.2, 0.25) is 0 Å². The zero-order chi connectivity index (χ0) is 18.2. The molecule has 1 saturated carbocycles. The summed E-state index contributed by atoms with van der Waals surface area (Å²) in [5, 5.41) is 10.8. The van der Waals surface area contributed by atoms with E-state index < -0.39 is 0 Å². The maximum atomic E-state index is 5.17. The molecule has 8 heteroatoms. The SMILES string of the molecule is CCNC(=NCc1nc(C)no1)NCC1(N2CCCCC2)CCCCC1.I. The maximum Gasteiger partial charge on any atom is 0.248 e. The quantitative estimate of drug-likeness (QED) is 0.362. The Balaban J connectivity index is 0.00000261. The minimum absolute atomic E-state index is 0. The van der Waals surface area contributed by atoms with E-state index >= 15 is 0 Å². The van der Waals surface area contributed by atoms with Gasteiger partial charge in [-0.2, -0.15) is 4.98 Å². The molecule has 0 spiro atoms. The number of halogens is 1. The molecule has 0 radical (unpaired) electrons. The lowest BCUT2D eigenvalue weighted by molar-refractivity contribution is 0.0368. The molecular weight excluding hydrogens is 455 g/mol. The lowest BCUT2D eigenvalue weighted by Gasteiger charge is -2.48. The van der Waals surface area contributed by atoms with Crippen molar-refractivity contribution in [2.24, 2.45) is 4.99 Å². The number of piperidine rings is 1. The van der Waals surface area contributed by atoms with Gasteiger partial charge in [-0.3, -0.25) is 4.90 Å². The van der Waals surface area contributed by atoms with Crippen LogP contribution in [0.5, 0.6) is 0 Å². The van der Waals surface area contributed by atoms with Crippen LogP contribution in [-0.4, -0.2) is 52.7 Å². The Morgan fingerprint density at radius 3 is 2.44 bits per heavy atom. The number of guanidine groups is 1. The molecule has 0 aromatic carbocycles. The highest BCUT2D eigenvalue weighted by atomic mass is 127. The van der Waals surface area contributed by atoms with E-state index in [2.05, 4.69) is 37.6 Å². The number of rotatable bonds is 6. The number of nitrogens with one attached hydrogen (secondary N) is 2. The Hall–Kier alpha value is -0.900. The topological polar surface area (TPSA) is 78.6 Å². The third kappa shape index (κ3) is 6.30. The second-order valence-electron chi connectivity index (χ2n) is 7.62. The zero-order valence-corrected chi connectivity index (χ0v) is 19.1. The minimum atomic E-state index is 0. The van der Waals surface area contributed by atoms with Gasteiger partial charge >= 0.3 is 0 Å². The molecule has 3 rings (SSSR count). The van der Waals surface area contributed by atoms with E-state index in [1.165, 1.54) is 64.5 Å². The molecule has 0 atom stereocenters. The lowest BCUT2D eigenvalue weighted by atomic mass is 9.79. The summed E-state index contributed by atoms with van der Waals surface area (Å²) in [7, 11) is 0. The first-order chi connectivity index (χ1) is 12.7. The highest BCUT2D eigenvalue weighted by Crippen LogP contribution is 2.35. The molecule has 1 aromatic rings. The van der Waals surface area contributed by atoms with Gasteiger partial charge in [0.15, 0.2) is 11.8 Å². The minimum Gasteiger partial charge on any atom is -0.357 e. The van der Waals surface area contributed by atoms with E-state index in [4.69, 9.17) is 4.52 Å². The normalized spacial score (nSPS) is 20.7. The molecule has 7 nitrogen and oxygen atoms in total. The molecule has 2 aliphatic rings. The molecule has 0 bridgehead atoms. The first-order valence-electron chi connectivity index (χ1n) is 10.3. The fourth-order valence-corrected chi connectivity index (χ4v) is 4.32. The molecule has 2 heterocycles. The van der Waals surface area contributed by atoms with E-state index in [9.17, 15) is 0 Å². The Morgan fingerprint density at radius 1 is 1.11 bits per heavy atom. The Labute approximate surface area is 180 Å². The molecule has 2 fully saturated rings. The van der Waals surface area contributed by atoms with Crippen molar-refractivity contribution in [3.63, 3.8) is 0 Å². The molecule has 0 amide bonds. The molecule has 1 aliphatic heterocycles. The van der Waals surface area contributed by atoms with Crippen LogP contribution in [0.3, 0.4) is 0 Å². The number of nitrogens with zero attached hydrogens (tertiary/aromatic N) is 4. The van der Waals surface area contributed by atoms with Gasteiger partial charge in [0.2, 0.25) is 5.89 Å². The van der Waals surface area contributed by atoms with Crippen molar-refractivity contribution in [3.05, 3.63) is 11.7 Å². The van der Waals surface area contributed by atoms with Gasteiger partial charge in [-0.1, -0.05) is 30.8 Å². The molecule has 2 N–H and O–H groups in total. The van der Waals surface area contributed by atoms with Crippen LogP contribution in [0, 0.1) is 6.92 Å². The second kappa shape index (κ2) is 11.2. The monoisotopic (exact) mass is 490 g/mol. The average molecular weight is 490 g/mol. The second-order valence-corrected chi connectivity index (χ2v) is 7.62. The van der Waals surface area contributed by atoms with E-state index in [0.29, 0.717) is 18.3 Å². The standard InChI is InChI=1S/C19H34N6O.HI/c1-3-20-18(21-14-17-23-16(2)24-26-17)22-15-19(10-6-4-7-11-19)25-12-8-5-9-13-25;/h3-15H2,1-2H3,(H2,20,21,22);1H. The largest absolute Gasteiger partial charge is 0.357 e. The van der Waals surface area contributed by atoms with Crippen molar-refractivity contribution in [2.45, 2.75) is 77.3 Å². The van der Waals surface area contributed by atoms with E-state index in [-0.39, 0.29) is 29.5 Å². The van der Waals surface area contributed by atoms with Crippen LogP contribution < -0.4 is 10.6 Å². The summed E-state index contributed by atoms with van der Waals surface area (Å²) in [6.45, 7) is 8.62. The van der Waals surface area contributed by atoms with Crippen LogP contribution >= 0.6 is 24.0 Å². The van der Waals surface area contributed by atoms with Gasteiger partial charge in [0.05, 0.1) is 0 Å². The first-order valence-corrected chi connectivity index (χ1v) is 10.3. The fraction of sp³-hybridized carbons (Fsp3) is 0.842. The van der Waals surface area contributed by atoms with Crippen molar-refractivity contribution in [3.8, 4) is 0 Å². The summed E-state index contributed by atoms with van der Waals surface area (Å²) in [6, 6.07) is 0. The van der Waals surface area contributed by atoms with Crippen LogP contribution in [0.1, 0.15) is 70.0 Å². The van der Waals surface area contributed by atoms with Crippen molar-refractivity contribution < 1.29 is 4.52 Å². The van der Waals surface area contributed by atoms with Crippen LogP contribution in [0.25, 0.3) is 0 Å². The molecule has 1 saturated heterocycles. The summed E-state index contributed by atoms with van der Waals surface area (Å²) >= 11 is 0. The van der Waals surface area contributed by atoms with Gasteiger partial charge in [-0.25, -0.2) is 4.99 Å². The maximum absolute atomic E-state index is 5.17. The third-order valence-electron chi connectivity index (χ3n) is 5.68. The highest BCUT2D eigenvalue weighted by molar-refractivity contribution is 14.0. The Kier molecular flexibility index (Phi) is 9.28. The summed E-state index contributed by atoms with van der Waals surface area (Å²) in [5.41, 5.74) is 0.288. The third-order valence-corrected chi connectivity index (χ3v) is 5.68. The van der Waals surface area contributed by atoms with Gasteiger partial charge in [0.25, 0.3) is 0 Å². The van der Waals surface area contributed by atoms with Crippen molar-refractivity contribution >= 4 is 29.9 Å². The first kappa shape index (κ1) is 22.4. The van der Waals surface area contributed by atoms with E-state index in [0.717, 1.165) is 19.0 Å². The number of hydrogen-bond donors (Lipinski definition) is 2. The average Bonchev–Trinajstić information content (AvgIpc) is 3.11. The van der Waals surface area contributed by atoms with Gasteiger partial charge in [-0.05, 0) is 52.6 Å². The number of likely N-dealkylation sites (tertiary alicyclic amines) is 1. The fourth-order valence-electron chi connectivity index (χ4n) is 4.32. The number of aliphatic imine (C=N–C) groups is 1. The molecule has 27 heavy (non-hydrogen) atoms. The lowest BCUT2D eigenvalue weighted by Crippen LogP contribution is -2.59. The van der Waals surface area contributed by atoms with Gasteiger partial charge in [0.1, 0.15) is 6.54 Å². The Morgan fingerprint density at radius 2 is 1.81 bits per heavy atom. The molecule has 0 unspecified atom stereocenters. The number of aryl methyl sites for hydroxylation is 1. The summed E-state index contributed by atoms with van der Waals surface area (Å²) < 4.78 is 5.17. The molecule has 154 valence electrons. The molecule has 1 aromatic heterocycles. The number of aromatic nitrogens is 2. The van der Waals surface area contributed by atoms with E-state index in [1.807, 2.05) is 6.92 Å². The van der Waals surface area contributed by atoms with Gasteiger partial charge in [-0.15, -0.1) is 24.0 Å². The molecular formula is C19H35IN6O. The summed E-state index contributed by atoms with van der Waals surface area (Å²) in [4.78, 5) is 11.6. The van der Waals surface area contributed by atoms with Crippen molar-refractivity contribution in [1.82, 2.24) is 25.7 Å². The van der Waals surface area contributed by atoms with E-state index in [1.54, 1.807) is 0 Å². The van der Waals surface area contributed by atoms with Crippen LogP contribution in [0.4, 0.5) is 0 Å². The van der Waals surface area contributed by atoms with Crippen LogP contribution in [0.15, 0.2) is 9.52 Å². The number of hydrogen-bond acceptors (Lipinski definition) is 5. The smallest absolute Gasteiger partial charge is 0.248 e. The zero-order valence-electron chi connectivity index (χ0n) is 16.8. The van der Waals surface area contributed by atoms with Gasteiger partial charge in [0, 0.05) is 18.6 Å². The van der Waals surface area contributed by atoms with Gasteiger partial charge < -0.3 is 15.2 Å². The predicted molar refractivity (Wildman–Crippen MR) is 119 cm³/mol. The van der Waals surface area contributed by atoms with Crippen molar-refractivity contribution in [1.29, 1.82) is 0 Å². The molecule has 1 aliphatic carbocycles.